The molecular formula is C17H35N5O. The lowest BCUT2D eigenvalue weighted by Gasteiger charge is -2.35. The number of hydrogen-bond acceptors (Lipinski definition) is 4. The number of nitrogens with zero attached hydrogens (tertiary/aromatic N) is 3. The van der Waals surface area contributed by atoms with Crippen LogP contribution in [0.1, 0.15) is 26.7 Å². The zero-order chi connectivity index (χ0) is 16.7. The third-order valence-corrected chi connectivity index (χ3v) is 5.31. The van der Waals surface area contributed by atoms with Crippen LogP contribution in [0.3, 0.4) is 0 Å². The van der Waals surface area contributed by atoms with Gasteiger partial charge in [-0.25, -0.2) is 4.79 Å². The number of likely N-dealkylation sites (tertiary alicyclic amines) is 1. The zero-order valence-electron chi connectivity index (χ0n) is 15.2. The van der Waals surface area contributed by atoms with Gasteiger partial charge in [0.15, 0.2) is 0 Å². The van der Waals surface area contributed by atoms with Crippen LogP contribution < -0.4 is 10.6 Å². The Kier molecular flexibility index (Phi) is 7.59. The van der Waals surface area contributed by atoms with Crippen LogP contribution in [-0.2, 0) is 0 Å². The minimum absolute atomic E-state index is 0.0312. The smallest absolute Gasteiger partial charge is 0.314 e. The Bertz CT molecular complexity index is 349. The molecule has 2 aliphatic rings. The molecule has 0 radical (unpaired) electrons. The van der Waals surface area contributed by atoms with Crippen molar-refractivity contribution in [3.05, 3.63) is 0 Å². The van der Waals surface area contributed by atoms with E-state index >= 15 is 0 Å². The highest BCUT2D eigenvalue weighted by atomic mass is 16.2. The predicted molar refractivity (Wildman–Crippen MR) is 94.8 cm³/mol. The van der Waals surface area contributed by atoms with Crippen LogP contribution in [0.4, 0.5) is 4.79 Å². The Morgan fingerprint density at radius 1 is 1.09 bits per heavy atom. The molecule has 134 valence electrons. The van der Waals surface area contributed by atoms with Crippen molar-refractivity contribution in [2.24, 2.45) is 5.92 Å². The van der Waals surface area contributed by atoms with Crippen LogP contribution in [-0.4, -0.2) is 92.7 Å². The summed E-state index contributed by atoms with van der Waals surface area (Å²) < 4.78 is 0. The standard InChI is InChI=1S/C17H35N5O/c1-15-4-7-22(8-5-15)16(2)14-19-17(23)18-6-9-21-12-10-20(3)11-13-21/h15-16H,4-14H2,1-3H3,(H2,18,19,23). The molecule has 23 heavy (non-hydrogen) atoms. The number of urea groups is 1. The van der Waals surface area contributed by atoms with Gasteiger partial charge in [0, 0.05) is 51.9 Å². The van der Waals surface area contributed by atoms with Gasteiger partial charge in [-0.05, 0) is 45.8 Å². The highest BCUT2D eigenvalue weighted by Crippen LogP contribution is 2.17. The van der Waals surface area contributed by atoms with E-state index in [9.17, 15) is 4.79 Å². The Hall–Kier alpha value is -0.850. The number of piperidine rings is 1. The highest BCUT2D eigenvalue weighted by molar-refractivity contribution is 5.73. The van der Waals surface area contributed by atoms with Gasteiger partial charge in [-0.2, -0.15) is 0 Å². The Labute approximate surface area is 141 Å². The average molecular weight is 326 g/mol. The van der Waals surface area contributed by atoms with E-state index in [4.69, 9.17) is 0 Å². The van der Waals surface area contributed by atoms with E-state index in [2.05, 4.69) is 46.2 Å². The first kappa shape index (κ1) is 18.5. The topological polar surface area (TPSA) is 50.9 Å². The molecule has 0 spiro atoms. The number of carbonyl (C=O) groups excluding carboxylic acids is 1. The third-order valence-electron chi connectivity index (χ3n) is 5.31. The maximum Gasteiger partial charge on any atom is 0.314 e. The molecule has 2 N–H and O–H groups in total. The minimum Gasteiger partial charge on any atom is -0.337 e. The monoisotopic (exact) mass is 325 g/mol. The van der Waals surface area contributed by atoms with Crippen molar-refractivity contribution in [3.63, 3.8) is 0 Å². The van der Waals surface area contributed by atoms with Crippen LogP contribution in [0.25, 0.3) is 0 Å². The van der Waals surface area contributed by atoms with Crippen molar-refractivity contribution >= 4 is 6.03 Å². The van der Waals surface area contributed by atoms with Crippen molar-refractivity contribution in [2.45, 2.75) is 32.7 Å². The summed E-state index contributed by atoms with van der Waals surface area (Å²) in [5, 5.41) is 6.00. The molecule has 0 aliphatic carbocycles. The van der Waals surface area contributed by atoms with Crippen LogP contribution in [0.2, 0.25) is 0 Å². The molecule has 0 bridgehead atoms. The minimum atomic E-state index is -0.0312. The molecule has 2 fully saturated rings. The SMILES string of the molecule is CC1CCN(C(C)CNC(=O)NCCN2CCN(C)CC2)CC1. The van der Waals surface area contributed by atoms with Crippen LogP contribution in [0, 0.1) is 5.92 Å². The van der Waals surface area contributed by atoms with Crippen LogP contribution >= 0.6 is 0 Å². The van der Waals surface area contributed by atoms with Crippen molar-refractivity contribution in [1.29, 1.82) is 0 Å². The molecule has 2 rings (SSSR count). The number of hydrogen-bond donors (Lipinski definition) is 2. The van der Waals surface area contributed by atoms with E-state index in [-0.39, 0.29) is 6.03 Å². The molecule has 2 heterocycles. The summed E-state index contributed by atoms with van der Waals surface area (Å²) in [4.78, 5) is 19.2. The first-order valence-corrected chi connectivity index (χ1v) is 9.21. The lowest BCUT2D eigenvalue weighted by atomic mass is 9.98. The van der Waals surface area contributed by atoms with Gasteiger partial charge in [0.25, 0.3) is 0 Å². The number of nitrogens with one attached hydrogen (secondary N) is 2. The fourth-order valence-electron chi connectivity index (χ4n) is 3.30. The predicted octanol–water partition coefficient (Wildman–Crippen LogP) is 0.653. The molecule has 0 aromatic rings. The van der Waals surface area contributed by atoms with E-state index in [0.717, 1.165) is 64.8 Å². The highest BCUT2D eigenvalue weighted by Gasteiger charge is 2.20. The number of piperazine rings is 1. The lowest BCUT2D eigenvalue weighted by Crippen LogP contribution is -2.49. The zero-order valence-corrected chi connectivity index (χ0v) is 15.2. The Balaban J connectivity index is 1.52. The van der Waals surface area contributed by atoms with Crippen LogP contribution in [0.15, 0.2) is 0 Å². The quantitative estimate of drug-likeness (QED) is 0.753. The van der Waals surface area contributed by atoms with E-state index in [1.165, 1.54) is 12.8 Å². The summed E-state index contributed by atoms with van der Waals surface area (Å²) in [6, 6.07) is 0.391. The first-order chi connectivity index (χ1) is 11.0. The van der Waals surface area contributed by atoms with Gasteiger partial charge < -0.3 is 15.5 Å². The van der Waals surface area contributed by atoms with Gasteiger partial charge in [0.2, 0.25) is 0 Å². The normalized spacial score (nSPS) is 23.6. The van der Waals surface area contributed by atoms with Gasteiger partial charge in [-0.3, -0.25) is 9.80 Å². The number of carbonyl (C=O) groups is 1. The molecule has 0 aromatic heterocycles. The number of likely N-dealkylation sites (N-methyl/N-ethyl adjacent to an activating group) is 1. The lowest BCUT2D eigenvalue weighted by molar-refractivity contribution is 0.144. The fourth-order valence-corrected chi connectivity index (χ4v) is 3.30. The molecule has 1 unspecified atom stereocenters. The largest absolute Gasteiger partial charge is 0.337 e. The maximum atomic E-state index is 11.9. The molecule has 2 aliphatic heterocycles. The molecule has 6 nitrogen and oxygen atoms in total. The second-order valence-electron chi connectivity index (χ2n) is 7.35. The van der Waals surface area contributed by atoms with Crippen LogP contribution in [0.5, 0.6) is 0 Å². The van der Waals surface area contributed by atoms with Crippen molar-refractivity contribution in [2.75, 3.05) is 66.0 Å². The fraction of sp³-hybridized carbons (Fsp3) is 0.941. The van der Waals surface area contributed by atoms with Gasteiger partial charge in [0.05, 0.1) is 0 Å². The second kappa shape index (κ2) is 9.45. The van der Waals surface area contributed by atoms with Crippen molar-refractivity contribution in [1.82, 2.24) is 25.3 Å². The summed E-state index contributed by atoms with van der Waals surface area (Å²) in [6.45, 7) is 13.7. The van der Waals surface area contributed by atoms with Gasteiger partial charge in [0.1, 0.15) is 0 Å². The third kappa shape index (κ3) is 6.65. The summed E-state index contributed by atoms with van der Waals surface area (Å²) in [5.74, 6) is 0.851. The van der Waals surface area contributed by atoms with Crippen molar-refractivity contribution < 1.29 is 4.79 Å². The number of rotatable bonds is 6. The summed E-state index contributed by atoms with van der Waals surface area (Å²) in [7, 11) is 2.16. The first-order valence-electron chi connectivity index (χ1n) is 9.21. The average Bonchev–Trinajstić information content (AvgIpc) is 2.55. The van der Waals surface area contributed by atoms with Gasteiger partial charge in [-0.15, -0.1) is 0 Å². The van der Waals surface area contributed by atoms with Gasteiger partial charge >= 0.3 is 6.03 Å². The molecular weight excluding hydrogens is 290 g/mol. The second-order valence-corrected chi connectivity index (χ2v) is 7.35. The molecule has 1 atom stereocenters. The summed E-state index contributed by atoms with van der Waals surface area (Å²) >= 11 is 0. The molecule has 6 heteroatoms. The van der Waals surface area contributed by atoms with E-state index < -0.39 is 0 Å². The molecule has 0 saturated carbocycles. The van der Waals surface area contributed by atoms with Crippen molar-refractivity contribution in [3.8, 4) is 0 Å². The Morgan fingerprint density at radius 2 is 1.74 bits per heavy atom. The summed E-state index contributed by atoms with van der Waals surface area (Å²) in [6.07, 6.45) is 2.56. The van der Waals surface area contributed by atoms with Gasteiger partial charge in [-0.1, -0.05) is 6.92 Å². The maximum absolute atomic E-state index is 11.9. The van der Waals surface area contributed by atoms with E-state index in [1.807, 2.05) is 0 Å². The molecule has 2 saturated heterocycles. The number of amides is 2. The summed E-state index contributed by atoms with van der Waals surface area (Å²) in [5.41, 5.74) is 0. The van der Waals surface area contributed by atoms with E-state index in [1.54, 1.807) is 0 Å². The van der Waals surface area contributed by atoms with E-state index in [0.29, 0.717) is 6.04 Å². The molecule has 2 amide bonds. The Morgan fingerprint density at radius 3 is 2.39 bits per heavy atom. The molecule has 0 aromatic carbocycles.